The average molecular weight is 244 g/mol. The zero-order chi connectivity index (χ0) is 12.6. The number of nitrogens with one attached hydrogen (secondary N) is 1. The summed E-state index contributed by atoms with van der Waals surface area (Å²) < 4.78 is 10.0. The number of methoxy groups -OCH3 is 1. The molecular weight excluding hydrogens is 232 g/mol. The molecule has 9 nitrogen and oxygen atoms in total. The van der Waals surface area contributed by atoms with Gasteiger partial charge in [0.15, 0.2) is 12.1 Å². The van der Waals surface area contributed by atoms with Crippen molar-refractivity contribution >= 4 is 5.91 Å². The van der Waals surface area contributed by atoms with Crippen molar-refractivity contribution in [3.05, 3.63) is 11.6 Å². The monoisotopic (exact) mass is 244 g/mol. The first-order chi connectivity index (χ1) is 8.04. The van der Waals surface area contributed by atoms with Crippen LogP contribution in [0.3, 0.4) is 0 Å². The lowest BCUT2D eigenvalue weighted by Crippen LogP contribution is -2.31. The maximum atomic E-state index is 10.8. The molecule has 1 saturated heterocycles. The van der Waals surface area contributed by atoms with Crippen LogP contribution in [0.15, 0.2) is 0 Å². The van der Waals surface area contributed by atoms with Crippen molar-refractivity contribution in [3.8, 4) is 0 Å². The van der Waals surface area contributed by atoms with Gasteiger partial charge in [0.25, 0.3) is 5.91 Å². The average Bonchev–Trinajstić information content (AvgIpc) is 2.87. The van der Waals surface area contributed by atoms with Crippen LogP contribution >= 0.6 is 0 Å². The molecular formula is C8H12N4O5. The first kappa shape index (κ1) is 11.9. The molecule has 0 radical (unpaired) electrons. The number of ether oxygens (including phenoxy) is 2. The number of nitrogens with two attached hydrogens (primary N) is 1. The number of H-pyrrole nitrogens is 1. The number of carbonyl (C=O) groups excluding carboxylic acids is 1. The molecule has 94 valence electrons. The van der Waals surface area contributed by atoms with E-state index in [0.717, 1.165) is 0 Å². The molecule has 0 bridgehead atoms. The van der Waals surface area contributed by atoms with Crippen molar-refractivity contribution in [3.63, 3.8) is 0 Å². The summed E-state index contributed by atoms with van der Waals surface area (Å²) in [5.41, 5.74) is 4.98. The number of hydrogen-bond donors (Lipinski definition) is 4. The van der Waals surface area contributed by atoms with Gasteiger partial charge in [0.1, 0.15) is 18.3 Å². The van der Waals surface area contributed by atoms with Crippen molar-refractivity contribution in [2.75, 3.05) is 7.11 Å². The first-order valence-electron chi connectivity index (χ1n) is 4.81. The van der Waals surface area contributed by atoms with Crippen LogP contribution in [-0.4, -0.2) is 56.9 Å². The van der Waals surface area contributed by atoms with E-state index < -0.39 is 30.5 Å². The van der Waals surface area contributed by atoms with Crippen LogP contribution in [0.5, 0.6) is 0 Å². The normalized spacial score (nSPS) is 32.9. The molecule has 1 amide bonds. The van der Waals surface area contributed by atoms with Crippen molar-refractivity contribution in [1.82, 2.24) is 15.2 Å². The number of aromatic amines is 1. The SMILES string of the molecule is CO[C@H]1O[C@@H](c2nc(C(N)=O)n[nH]2)[C@H](O)[C@@H]1O. The molecule has 0 unspecified atom stereocenters. The summed E-state index contributed by atoms with van der Waals surface area (Å²) in [4.78, 5) is 14.5. The van der Waals surface area contributed by atoms with Crippen LogP contribution in [0, 0.1) is 0 Å². The van der Waals surface area contributed by atoms with E-state index in [9.17, 15) is 15.0 Å². The van der Waals surface area contributed by atoms with Gasteiger partial charge in [-0.1, -0.05) is 0 Å². The molecule has 5 N–H and O–H groups in total. The highest BCUT2D eigenvalue weighted by Crippen LogP contribution is 2.31. The Labute approximate surface area is 95.5 Å². The summed E-state index contributed by atoms with van der Waals surface area (Å²) >= 11 is 0. The van der Waals surface area contributed by atoms with Gasteiger partial charge < -0.3 is 25.4 Å². The van der Waals surface area contributed by atoms with Crippen LogP contribution in [-0.2, 0) is 9.47 Å². The Bertz CT molecular complexity index is 422. The smallest absolute Gasteiger partial charge is 0.288 e. The summed E-state index contributed by atoms with van der Waals surface area (Å²) in [7, 11) is 1.33. The zero-order valence-electron chi connectivity index (χ0n) is 8.90. The molecule has 9 heteroatoms. The van der Waals surface area contributed by atoms with Gasteiger partial charge in [-0.3, -0.25) is 9.89 Å². The van der Waals surface area contributed by atoms with Gasteiger partial charge >= 0.3 is 0 Å². The van der Waals surface area contributed by atoms with E-state index in [-0.39, 0.29) is 11.6 Å². The van der Waals surface area contributed by atoms with Gasteiger partial charge in [0.05, 0.1) is 0 Å². The summed E-state index contributed by atoms with van der Waals surface area (Å²) in [6, 6.07) is 0. The van der Waals surface area contributed by atoms with Crippen molar-refractivity contribution in [1.29, 1.82) is 0 Å². The quantitative estimate of drug-likeness (QED) is 0.466. The molecule has 2 rings (SSSR count). The number of aromatic nitrogens is 3. The molecule has 0 aliphatic carbocycles. The second-order valence-electron chi connectivity index (χ2n) is 3.55. The molecule has 17 heavy (non-hydrogen) atoms. The highest BCUT2D eigenvalue weighted by molar-refractivity contribution is 5.88. The summed E-state index contributed by atoms with van der Waals surface area (Å²) in [6.07, 6.45) is -4.34. The van der Waals surface area contributed by atoms with Gasteiger partial charge in [-0.05, 0) is 0 Å². The summed E-state index contributed by atoms with van der Waals surface area (Å²) in [5, 5.41) is 25.2. The number of carbonyl (C=O) groups is 1. The fourth-order valence-electron chi connectivity index (χ4n) is 1.58. The second kappa shape index (κ2) is 4.37. The number of primary amides is 1. The Hall–Kier alpha value is -1.55. The van der Waals surface area contributed by atoms with Crippen LogP contribution < -0.4 is 5.73 Å². The molecule has 1 fully saturated rings. The summed E-state index contributed by atoms with van der Waals surface area (Å²) in [6.45, 7) is 0. The lowest BCUT2D eigenvalue weighted by molar-refractivity contribution is -0.150. The van der Waals surface area contributed by atoms with E-state index in [4.69, 9.17) is 15.2 Å². The predicted molar refractivity (Wildman–Crippen MR) is 51.5 cm³/mol. The van der Waals surface area contributed by atoms with E-state index in [1.807, 2.05) is 0 Å². The number of rotatable bonds is 3. The highest BCUT2D eigenvalue weighted by atomic mass is 16.7. The number of amides is 1. The molecule has 1 aromatic heterocycles. The lowest BCUT2D eigenvalue weighted by atomic mass is 10.1. The van der Waals surface area contributed by atoms with E-state index in [1.165, 1.54) is 7.11 Å². The number of nitrogens with zero attached hydrogens (tertiary/aromatic N) is 2. The van der Waals surface area contributed by atoms with Gasteiger partial charge in [0.2, 0.25) is 5.82 Å². The van der Waals surface area contributed by atoms with Gasteiger partial charge in [0, 0.05) is 7.11 Å². The molecule has 0 aromatic carbocycles. The molecule has 1 aliphatic heterocycles. The molecule has 2 heterocycles. The second-order valence-corrected chi connectivity index (χ2v) is 3.55. The van der Waals surface area contributed by atoms with Crippen molar-refractivity contribution in [2.45, 2.75) is 24.6 Å². The fourth-order valence-corrected chi connectivity index (χ4v) is 1.58. The number of aliphatic hydroxyl groups is 2. The zero-order valence-corrected chi connectivity index (χ0v) is 8.90. The first-order valence-corrected chi connectivity index (χ1v) is 4.81. The number of aliphatic hydroxyl groups excluding tert-OH is 2. The Morgan fingerprint density at radius 1 is 1.53 bits per heavy atom. The highest BCUT2D eigenvalue weighted by Gasteiger charge is 2.45. The number of hydrogen-bond acceptors (Lipinski definition) is 7. The molecule has 0 spiro atoms. The van der Waals surface area contributed by atoms with E-state index in [0.29, 0.717) is 0 Å². The van der Waals surface area contributed by atoms with Crippen LogP contribution in [0.2, 0.25) is 0 Å². The molecule has 0 saturated carbocycles. The van der Waals surface area contributed by atoms with Gasteiger partial charge in [-0.2, -0.15) is 0 Å². The third kappa shape index (κ3) is 2.00. The standard InChI is InChI=1S/C8H12N4O5/c1-16-8-3(14)2(13)4(17-8)6-10-7(5(9)15)12-11-6/h2-4,8,13-14H,1H3,(H2,9,15)(H,10,11,12)/t2-,3+,4-,8+/m1/s1. The predicted octanol–water partition coefficient (Wildman–Crippen LogP) is -2.33. The largest absolute Gasteiger partial charge is 0.387 e. The third-order valence-corrected chi connectivity index (χ3v) is 2.44. The van der Waals surface area contributed by atoms with E-state index >= 15 is 0 Å². The van der Waals surface area contributed by atoms with Crippen molar-refractivity contribution in [2.24, 2.45) is 5.73 Å². The Morgan fingerprint density at radius 2 is 2.24 bits per heavy atom. The Morgan fingerprint density at radius 3 is 2.71 bits per heavy atom. The minimum absolute atomic E-state index is 0.102. The van der Waals surface area contributed by atoms with Gasteiger partial charge in [-0.25, -0.2) is 4.98 Å². The van der Waals surface area contributed by atoms with Gasteiger partial charge in [-0.15, -0.1) is 5.10 Å². The van der Waals surface area contributed by atoms with Crippen LogP contribution in [0.25, 0.3) is 0 Å². The Kier molecular flexibility index (Phi) is 3.07. The maximum absolute atomic E-state index is 10.8. The summed E-state index contributed by atoms with van der Waals surface area (Å²) in [5.74, 6) is -0.917. The van der Waals surface area contributed by atoms with Crippen molar-refractivity contribution < 1.29 is 24.5 Å². The minimum Gasteiger partial charge on any atom is -0.387 e. The Balaban J connectivity index is 2.19. The molecule has 1 aromatic rings. The van der Waals surface area contributed by atoms with E-state index in [2.05, 4.69) is 15.2 Å². The van der Waals surface area contributed by atoms with Crippen LogP contribution in [0.4, 0.5) is 0 Å². The topological polar surface area (TPSA) is 144 Å². The fraction of sp³-hybridized carbons (Fsp3) is 0.625. The van der Waals surface area contributed by atoms with E-state index in [1.54, 1.807) is 0 Å². The molecule has 4 atom stereocenters. The lowest BCUT2D eigenvalue weighted by Gasteiger charge is -2.11. The maximum Gasteiger partial charge on any atom is 0.288 e. The van der Waals surface area contributed by atoms with Crippen LogP contribution in [0.1, 0.15) is 22.5 Å². The third-order valence-electron chi connectivity index (χ3n) is 2.44. The molecule has 1 aliphatic rings. The minimum atomic E-state index is -1.23.